The van der Waals surface area contributed by atoms with Crippen molar-refractivity contribution in [3.8, 4) is 0 Å². The van der Waals surface area contributed by atoms with Crippen LogP contribution in [0.2, 0.25) is 0 Å². The molecule has 25 heavy (non-hydrogen) atoms. The zero-order valence-electron chi connectivity index (χ0n) is 14.8. The van der Waals surface area contributed by atoms with E-state index >= 15 is 0 Å². The molecule has 0 fully saturated rings. The Balaban J connectivity index is 2.16. The largest absolute Gasteiger partial charge is 0.464 e. The third-order valence-corrected chi connectivity index (χ3v) is 3.33. The van der Waals surface area contributed by atoms with Crippen molar-refractivity contribution in [3.63, 3.8) is 0 Å². The fourth-order valence-electron chi connectivity index (χ4n) is 2.38. The van der Waals surface area contributed by atoms with Crippen LogP contribution in [0.1, 0.15) is 33.4 Å². The maximum absolute atomic E-state index is 13.3. The Morgan fingerprint density at radius 1 is 1.28 bits per heavy atom. The van der Waals surface area contributed by atoms with Gasteiger partial charge in [-0.15, -0.1) is 0 Å². The monoisotopic (exact) mass is 350 g/mol. The summed E-state index contributed by atoms with van der Waals surface area (Å²) < 4.78 is 23.5. The highest BCUT2D eigenvalue weighted by Crippen LogP contribution is 2.18. The van der Waals surface area contributed by atoms with Gasteiger partial charge in [0.05, 0.1) is 6.61 Å². The van der Waals surface area contributed by atoms with Crippen LogP contribution in [-0.2, 0) is 20.7 Å². The van der Waals surface area contributed by atoms with E-state index < -0.39 is 23.7 Å². The van der Waals surface area contributed by atoms with Gasteiger partial charge in [0.15, 0.2) is 0 Å². The molecule has 0 bridgehead atoms. The zero-order valence-corrected chi connectivity index (χ0v) is 14.8. The van der Waals surface area contributed by atoms with E-state index in [4.69, 9.17) is 9.47 Å². The van der Waals surface area contributed by atoms with Crippen LogP contribution in [0.3, 0.4) is 0 Å². The average Bonchev–Trinajstić information content (AvgIpc) is 2.86. The molecule has 0 saturated heterocycles. The van der Waals surface area contributed by atoms with E-state index in [0.29, 0.717) is 11.2 Å². The second-order valence-corrected chi connectivity index (χ2v) is 6.68. The predicted octanol–water partition coefficient (Wildman–Crippen LogP) is 3.31. The molecule has 136 valence electrons. The highest BCUT2D eigenvalue weighted by molar-refractivity contribution is 5.83. The predicted molar refractivity (Wildman–Crippen MR) is 91.8 cm³/mol. The molecular formula is C18H23FN2O4. The summed E-state index contributed by atoms with van der Waals surface area (Å²) in [6.07, 6.45) is -0.526. The number of rotatable bonds is 5. The molecule has 1 heterocycles. The molecule has 0 saturated carbocycles. The van der Waals surface area contributed by atoms with E-state index in [1.807, 2.05) is 0 Å². The average molecular weight is 350 g/mol. The number of nitrogens with one attached hydrogen (secondary N) is 2. The van der Waals surface area contributed by atoms with Gasteiger partial charge in [-0.05, 0) is 57.3 Å². The number of benzene rings is 1. The van der Waals surface area contributed by atoms with Gasteiger partial charge >= 0.3 is 12.1 Å². The number of aromatic amines is 1. The number of fused-ring (bicyclic) bond motifs is 1. The molecular weight excluding hydrogens is 327 g/mol. The summed E-state index contributed by atoms with van der Waals surface area (Å²) in [5.74, 6) is -0.909. The minimum absolute atomic E-state index is 0.175. The Labute approximate surface area is 145 Å². The first-order valence-electron chi connectivity index (χ1n) is 8.11. The Hall–Kier alpha value is -2.57. The molecule has 2 N–H and O–H groups in total. The van der Waals surface area contributed by atoms with Crippen molar-refractivity contribution in [3.05, 3.63) is 35.8 Å². The molecule has 7 heteroatoms. The molecule has 1 aromatic carbocycles. The Bertz CT molecular complexity index is 764. The molecule has 6 nitrogen and oxygen atoms in total. The van der Waals surface area contributed by atoms with Crippen LogP contribution in [0.4, 0.5) is 9.18 Å². The fraction of sp³-hybridized carbons (Fsp3) is 0.444. The number of amides is 1. The van der Waals surface area contributed by atoms with Gasteiger partial charge in [0, 0.05) is 17.6 Å². The van der Waals surface area contributed by atoms with Crippen LogP contribution < -0.4 is 5.32 Å². The van der Waals surface area contributed by atoms with Gasteiger partial charge in [0.25, 0.3) is 0 Å². The summed E-state index contributed by atoms with van der Waals surface area (Å²) in [5, 5.41) is 3.35. The molecule has 0 spiro atoms. The van der Waals surface area contributed by atoms with Crippen molar-refractivity contribution in [2.45, 2.75) is 45.8 Å². The molecule has 0 aliphatic rings. The molecule has 0 aliphatic heterocycles. The van der Waals surface area contributed by atoms with Crippen molar-refractivity contribution in [2.24, 2.45) is 0 Å². The highest BCUT2D eigenvalue weighted by Gasteiger charge is 2.26. The first-order chi connectivity index (χ1) is 11.7. The summed E-state index contributed by atoms with van der Waals surface area (Å²) in [5.41, 5.74) is 0.617. The number of H-pyrrole nitrogens is 1. The maximum Gasteiger partial charge on any atom is 0.408 e. The molecule has 1 amide bonds. The Morgan fingerprint density at radius 2 is 2.00 bits per heavy atom. The standard InChI is InChI=1S/C18H23FN2O4/c1-5-24-16(22)15(21-17(23)25-18(2,3)4)10-13-8-11-6-7-12(19)9-14(11)20-13/h6-9,15,20H,5,10H2,1-4H3,(H,21,23)/t15-/m1/s1. The van der Waals surface area contributed by atoms with E-state index in [9.17, 15) is 14.0 Å². The molecule has 2 rings (SSSR count). The van der Waals surface area contributed by atoms with Crippen LogP contribution >= 0.6 is 0 Å². The van der Waals surface area contributed by atoms with Crippen LogP contribution in [-0.4, -0.2) is 35.3 Å². The SMILES string of the molecule is CCOC(=O)[C@@H](Cc1cc2ccc(F)cc2[nH]1)NC(=O)OC(C)(C)C. The number of hydrogen-bond acceptors (Lipinski definition) is 4. The lowest BCUT2D eigenvalue weighted by Gasteiger charge is -2.22. The minimum atomic E-state index is -0.910. The molecule has 1 aromatic heterocycles. The number of halogens is 1. The third kappa shape index (κ3) is 5.48. The second-order valence-electron chi connectivity index (χ2n) is 6.68. The quantitative estimate of drug-likeness (QED) is 0.811. The van der Waals surface area contributed by atoms with E-state index in [0.717, 1.165) is 5.39 Å². The zero-order chi connectivity index (χ0) is 18.6. The highest BCUT2D eigenvalue weighted by atomic mass is 19.1. The van der Waals surface area contributed by atoms with E-state index in [-0.39, 0.29) is 18.8 Å². The lowest BCUT2D eigenvalue weighted by Crippen LogP contribution is -2.45. The van der Waals surface area contributed by atoms with Gasteiger partial charge in [0.1, 0.15) is 17.5 Å². The summed E-state index contributed by atoms with van der Waals surface area (Å²) in [6, 6.07) is 5.28. The number of hydrogen-bond donors (Lipinski definition) is 2. The van der Waals surface area contributed by atoms with Crippen molar-refractivity contribution in [1.82, 2.24) is 10.3 Å². The Kier molecular flexibility index (Phi) is 5.66. The van der Waals surface area contributed by atoms with Gasteiger partial charge in [-0.3, -0.25) is 0 Å². The van der Waals surface area contributed by atoms with Gasteiger partial charge in [0.2, 0.25) is 0 Å². The van der Waals surface area contributed by atoms with E-state index in [1.54, 1.807) is 39.8 Å². The van der Waals surface area contributed by atoms with Crippen LogP contribution in [0.5, 0.6) is 0 Å². The molecule has 0 radical (unpaired) electrons. The normalized spacial score (nSPS) is 12.7. The van der Waals surface area contributed by atoms with Crippen molar-refractivity contribution in [2.75, 3.05) is 6.61 Å². The first kappa shape index (κ1) is 18.8. The van der Waals surface area contributed by atoms with Crippen LogP contribution in [0.25, 0.3) is 10.9 Å². The molecule has 0 aliphatic carbocycles. The molecule has 1 atom stereocenters. The summed E-state index contributed by atoms with van der Waals surface area (Å²) in [4.78, 5) is 27.2. The van der Waals surface area contributed by atoms with Crippen molar-refractivity contribution < 1.29 is 23.5 Å². The fourth-order valence-corrected chi connectivity index (χ4v) is 2.38. The number of ether oxygens (including phenoxy) is 2. The van der Waals surface area contributed by atoms with Gasteiger partial charge in [-0.25, -0.2) is 14.0 Å². The van der Waals surface area contributed by atoms with Gasteiger partial charge in [-0.2, -0.15) is 0 Å². The van der Waals surface area contributed by atoms with Gasteiger partial charge < -0.3 is 19.8 Å². The van der Waals surface area contributed by atoms with Crippen LogP contribution in [0.15, 0.2) is 24.3 Å². The third-order valence-electron chi connectivity index (χ3n) is 3.33. The summed E-state index contributed by atoms with van der Waals surface area (Å²) in [7, 11) is 0. The number of aromatic nitrogens is 1. The Morgan fingerprint density at radius 3 is 2.64 bits per heavy atom. The maximum atomic E-state index is 13.3. The first-order valence-corrected chi connectivity index (χ1v) is 8.11. The number of esters is 1. The summed E-state index contributed by atoms with van der Waals surface area (Å²) >= 11 is 0. The minimum Gasteiger partial charge on any atom is -0.464 e. The number of carbonyl (C=O) groups is 2. The smallest absolute Gasteiger partial charge is 0.408 e. The van der Waals surface area contributed by atoms with E-state index in [2.05, 4.69) is 10.3 Å². The van der Waals surface area contributed by atoms with Crippen molar-refractivity contribution >= 4 is 23.0 Å². The number of alkyl carbamates (subject to hydrolysis) is 1. The van der Waals surface area contributed by atoms with Crippen LogP contribution in [0, 0.1) is 5.82 Å². The lowest BCUT2D eigenvalue weighted by atomic mass is 10.1. The number of carbonyl (C=O) groups excluding carboxylic acids is 2. The second kappa shape index (κ2) is 7.55. The topological polar surface area (TPSA) is 80.4 Å². The molecule has 2 aromatic rings. The summed E-state index contributed by atoms with van der Waals surface area (Å²) in [6.45, 7) is 7.09. The lowest BCUT2D eigenvalue weighted by molar-refractivity contribution is -0.145. The van der Waals surface area contributed by atoms with E-state index in [1.165, 1.54) is 12.1 Å². The van der Waals surface area contributed by atoms with Gasteiger partial charge in [-0.1, -0.05) is 0 Å². The molecule has 0 unspecified atom stereocenters. The van der Waals surface area contributed by atoms with Crippen molar-refractivity contribution in [1.29, 1.82) is 0 Å².